The number of rotatable bonds is 6. The topological polar surface area (TPSA) is 47.1 Å². The van der Waals surface area contributed by atoms with Crippen molar-refractivity contribution in [2.75, 3.05) is 13.6 Å². The van der Waals surface area contributed by atoms with E-state index in [4.69, 9.17) is 5.73 Å². The van der Waals surface area contributed by atoms with Crippen LogP contribution in [0.5, 0.6) is 0 Å². The number of hydrogen-bond acceptors (Lipinski definition) is 4. The Bertz CT molecular complexity index is 494. The van der Waals surface area contributed by atoms with Gasteiger partial charge in [-0.05, 0) is 40.0 Å². The molecule has 98 valence electrons. The predicted molar refractivity (Wildman–Crippen MR) is 78.5 cm³/mol. The molecular formula is C12H17BrN4S. The molecule has 2 heterocycles. The standard InChI is InChI=1S/C12H17BrN4S/c1-16(5-10-4-12(13)18-8-10)6-11-7-17(3-2-14)9-15-11/h4,7-9H,2-3,5-6,14H2,1H3. The summed E-state index contributed by atoms with van der Waals surface area (Å²) in [5.41, 5.74) is 7.93. The molecule has 0 spiro atoms. The normalized spacial score (nSPS) is 11.3. The first-order valence-electron chi connectivity index (χ1n) is 5.79. The Hall–Kier alpha value is -0.690. The molecule has 0 fully saturated rings. The molecule has 0 bridgehead atoms. The third-order valence-corrected chi connectivity index (χ3v) is 4.13. The van der Waals surface area contributed by atoms with Gasteiger partial charge >= 0.3 is 0 Å². The van der Waals surface area contributed by atoms with Crippen molar-refractivity contribution in [3.05, 3.63) is 39.0 Å². The summed E-state index contributed by atoms with van der Waals surface area (Å²) in [4.78, 5) is 6.63. The van der Waals surface area contributed by atoms with Crippen LogP contribution in [-0.4, -0.2) is 28.0 Å². The van der Waals surface area contributed by atoms with Crippen LogP contribution >= 0.6 is 27.3 Å². The van der Waals surface area contributed by atoms with Crippen LogP contribution in [0.2, 0.25) is 0 Å². The number of hydrogen-bond donors (Lipinski definition) is 1. The second kappa shape index (κ2) is 6.47. The Morgan fingerprint density at radius 1 is 1.50 bits per heavy atom. The monoisotopic (exact) mass is 328 g/mol. The summed E-state index contributed by atoms with van der Waals surface area (Å²) in [6.45, 7) is 3.26. The van der Waals surface area contributed by atoms with Crippen molar-refractivity contribution in [3.8, 4) is 0 Å². The van der Waals surface area contributed by atoms with Crippen molar-refractivity contribution < 1.29 is 0 Å². The highest BCUT2D eigenvalue weighted by molar-refractivity contribution is 9.11. The van der Waals surface area contributed by atoms with Gasteiger partial charge in [0.2, 0.25) is 0 Å². The van der Waals surface area contributed by atoms with Crippen LogP contribution in [0.25, 0.3) is 0 Å². The predicted octanol–water partition coefficient (Wildman–Crippen LogP) is 2.30. The fourth-order valence-electron chi connectivity index (χ4n) is 1.83. The lowest BCUT2D eigenvalue weighted by Gasteiger charge is -2.13. The summed E-state index contributed by atoms with van der Waals surface area (Å²) in [6, 6.07) is 2.16. The number of aromatic nitrogens is 2. The SMILES string of the molecule is CN(Cc1csc(Br)c1)Cc1cn(CCN)cn1. The van der Waals surface area contributed by atoms with E-state index in [1.807, 2.05) is 10.9 Å². The van der Waals surface area contributed by atoms with Gasteiger partial charge in [0.15, 0.2) is 0 Å². The molecule has 2 rings (SSSR count). The lowest BCUT2D eigenvalue weighted by Crippen LogP contribution is -2.17. The average Bonchev–Trinajstić information content (AvgIpc) is 2.89. The Morgan fingerprint density at radius 2 is 2.33 bits per heavy atom. The number of imidazole rings is 1. The zero-order chi connectivity index (χ0) is 13.0. The molecule has 0 aromatic carbocycles. The minimum absolute atomic E-state index is 0.647. The van der Waals surface area contributed by atoms with Crippen LogP contribution in [0.3, 0.4) is 0 Å². The van der Waals surface area contributed by atoms with Crippen LogP contribution in [0, 0.1) is 0 Å². The zero-order valence-corrected chi connectivity index (χ0v) is 12.7. The summed E-state index contributed by atoms with van der Waals surface area (Å²) < 4.78 is 3.21. The van der Waals surface area contributed by atoms with E-state index in [9.17, 15) is 0 Å². The highest BCUT2D eigenvalue weighted by Gasteiger charge is 2.05. The van der Waals surface area contributed by atoms with E-state index in [0.29, 0.717) is 6.54 Å². The number of nitrogens with zero attached hydrogens (tertiary/aromatic N) is 3. The van der Waals surface area contributed by atoms with Crippen molar-refractivity contribution >= 4 is 27.3 Å². The molecule has 2 aromatic rings. The largest absolute Gasteiger partial charge is 0.336 e. The van der Waals surface area contributed by atoms with Crippen LogP contribution < -0.4 is 5.73 Å². The average molecular weight is 329 g/mol. The van der Waals surface area contributed by atoms with Crippen LogP contribution in [0.1, 0.15) is 11.3 Å². The molecule has 18 heavy (non-hydrogen) atoms. The third kappa shape index (κ3) is 3.91. The van der Waals surface area contributed by atoms with E-state index >= 15 is 0 Å². The molecule has 2 aromatic heterocycles. The molecule has 0 aliphatic carbocycles. The highest BCUT2D eigenvalue weighted by Crippen LogP contribution is 2.21. The first kappa shape index (κ1) is 13.7. The Labute approximate surface area is 120 Å². The molecule has 4 nitrogen and oxygen atoms in total. The van der Waals surface area contributed by atoms with Crippen LogP contribution in [0.4, 0.5) is 0 Å². The van der Waals surface area contributed by atoms with Crippen molar-refractivity contribution in [1.29, 1.82) is 0 Å². The van der Waals surface area contributed by atoms with Crippen molar-refractivity contribution in [3.63, 3.8) is 0 Å². The van der Waals surface area contributed by atoms with Crippen molar-refractivity contribution in [2.45, 2.75) is 19.6 Å². The van der Waals surface area contributed by atoms with Crippen molar-refractivity contribution in [1.82, 2.24) is 14.5 Å². The molecule has 0 aliphatic heterocycles. The van der Waals surface area contributed by atoms with E-state index in [2.05, 4.69) is 50.5 Å². The first-order chi connectivity index (χ1) is 8.67. The molecule has 0 saturated heterocycles. The Morgan fingerprint density at radius 3 is 3.00 bits per heavy atom. The van der Waals surface area contributed by atoms with E-state index in [1.54, 1.807) is 11.3 Å². The van der Waals surface area contributed by atoms with Gasteiger partial charge in [-0.2, -0.15) is 0 Å². The van der Waals surface area contributed by atoms with E-state index in [-0.39, 0.29) is 0 Å². The number of nitrogens with two attached hydrogens (primary N) is 1. The second-order valence-electron chi connectivity index (χ2n) is 4.32. The fourth-order valence-corrected chi connectivity index (χ4v) is 3.03. The Kier molecular flexibility index (Phi) is 4.94. The quantitative estimate of drug-likeness (QED) is 0.885. The highest BCUT2D eigenvalue weighted by atomic mass is 79.9. The molecule has 0 radical (unpaired) electrons. The van der Waals surface area contributed by atoms with Crippen LogP contribution in [-0.2, 0) is 19.6 Å². The lowest BCUT2D eigenvalue weighted by molar-refractivity contribution is 0.316. The minimum atomic E-state index is 0.647. The van der Waals surface area contributed by atoms with Gasteiger partial charge in [0.25, 0.3) is 0 Å². The fraction of sp³-hybridized carbons (Fsp3) is 0.417. The summed E-state index contributed by atoms with van der Waals surface area (Å²) >= 11 is 5.20. The van der Waals surface area contributed by atoms with Gasteiger partial charge in [0.1, 0.15) is 0 Å². The van der Waals surface area contributed by atoms with Crippen LogP contribution in [0.15, 0.2) is 27.8 Å². The van der Waals surface area contributed by atoms with Gasteiger partial charge in [-0.1, -0.05) is 0 Å². The number of halogens is 1. The van der Waals surface area contributed by atoms with Gasteiger partial charge in [-0.3, -0.25) is 4.90 Å². The van der Waals surface area contributed by atoms with Gasteiger partial charge in [-0.15, -0.1) is 11.3 Å². The minimum Gasteiger partial charge on any atom is -0.336 e. The molecule has 0 atom stereocenters. The Balaban J connectivity index is 1.88. The second-order valence-corrected chi connectivity index (χ2v) is 6.61. The zero-order valence-electron chi connectivity index (χ0n) is 10.3. The molecule has 2 N–H and O–H groups in total. The first-order valence-corrected chi connectivity index (χ1v) is 7.47. The molecule has 0 unspecified atom stereocenters. The third-order valence-electron chi connectivity index (χ3n) is 2.58. The summed E-state index contributed by atoms with van der Waals surface area (Å²) in [5.74, 6) is 0. The van der Waals surface area contributed by atoms with E-state index < -0.39 is 0 Å². The summed E-state index contributed by atoms with van der Waals surface area (Å²) in [6.07, 6.45) is 3.91. The number of thiophene rings is 1. The maximum absolute atomic E-state index is 5.51. The molecular weight excluding hydrogens is 312 g/mol. The summed E-state index contributed by atoms with van der Waals surface area (Å²) in [7, 11) is 2.10. The molecule has 6 heteroatoms. The summed E-state index contributed by atoms with van der Waals surface area (Å²) in [5, 5.41) is 2.17. The van der Waals surface area contributed by atoms with E-state index in [0.717, 1.165) is 25.3 Å². The lowest BCUT2D eigenvalue weighted by atomic mass is 10.3. The van der Waals surface area contributed by atoms with Gasteiger partial charge < -0.3 is 10.3 Å². The maximum Gasteiger partial charge on any atom is 0.0950 e. The maximum atomic E-state index is 5.51. The molecule has 0 amide bonds. The van der Waals surface area contributed by atoms with Gasteiger partial charge in [0, 0.05) is 32.4 Å². The smallest absolute Gasteiger partial charge is 0.0950 e. The van der Waals surface area contributed by atoms with E-state index in [1.165, 1.54) is 9.35 Å². The van der Waals surface area contributed by atoms with Crippen molar-refractivity contribution in [2.24, 2.45) is 5.73 Å². The van der Waals surface area contributed by atoms with Gasteiger partial charge in [0.05, 0.1) is 15.8 Å². The molecule has 0 saturated carbocycles. The molecule has 0 aliphatic rings. The van der Waals surface area contributed by atoms with Gasteiger partial charge in [-0.25, -0.2) is 4.98 Å².